The third-order valence-corrected chi connectivity index (χ3v) is 2.63. The molecule has 0 spiro atoms. The number of ether oxygens (including phenoxy) is 5. The predicted molar refractivity (Wildman–Crippen MR) is 68.0 cm³/mol. The second kappa shape index (κ2) is 7.94. The van der Waals surface area contributed by atoms with Crippen LogP contribution in [-0.4, -0.2) is 56.2 Å². The fourth-order valence-corrected chi connectivity index (χ4v) is 1.87. The Morgan fingerprint density at radius 1 is 1.14 bits per heavy atom. The fourth-order valence-electron chi connectivity index (χ4n) is 1.87. The molecule has 8 heteroatoms. The Hall–Kier alpha value is -1.67. The van der Waals surface area contributed by atoms with Gasteiger partial charge in [-0.3, -0.25) is 14.4 Å². The molecule has 0 amide bonds. The standard InChI is InChI=1S/C13H20O8/c1-7(14)18-6-11-13(20-9(3)16)10(19-8(2)15)5-12(17-4)21-11/h10-13H,5-6H2,1-4H3/t10-,11-,12-,13-/m1/s1/i5D/t5-,10+,11+,12+,13+/m0. The van der Waals surface area contributed by atoms with Crippen LogP contribution < -0.4 is 0 Å². The lowest BCUT2D eigenvalue weighted by atomic mass is 10.0. The predicted octanol–water partition coefficient (Wildman–Crippen LogP) is 0.174. The molecule has 8 nitrogen and oxygen atoms in total. The first kappa shape index (κ1) is 15.7. The van der Waals surface area contributed by atoms with E-state index < -0.39 is 48.9 Å². The van der Waals surface area contributed by atoms with Gasteiger partial charge in [0.25, 0.3) is 0 Å². The molecule has 0 bridgehead atoms. The Morgan fingerprint density at radius 3 is 2.24 bits per heavy atom. The van der Waals surface area contributed by atoms with Crippen molar-refractivity contribution in [2.45, 2.75) is 51.8 Å². The summed E-state index contributed by atoms with van der Waals surface area (Å²) < 4.78 is 33.6. The van der Waals surface area contributed by atoms with Gasteiger partial charge in [-0.15, -0.1) is 0 Å². The minimum atomic E-state index is -1.12. The lowest BCUT2D eigenvalue weighted by molar-refractivity contribution is -0.259. The van der Waals surface area contributed by atoms with Crippen molar-refractivity contribution in [1.82, 2.24) is 0 Å². The number of methoxy groups -OCH3 is 1. The molecule has 0 aromatic heterocycles. The maximum atomic E-state index is 11.3. The van der Waals surface area contributed by atoms with Crippen LogP contribution in [0, 0.1) is 0 Å². The molecule has 0 radical (unpaired) electrons. The highest BCUT2D eigenvalue weighted by Crippen LogP contribution is 2.26. The van der Waals surface area contributed by atoms with Crippen molar-refractivity contribution in [3.63, 3.8) is 0 Å². The number of carbonyl (C=O) groups is 3. The molecule has 0 aliphatic carbocycles. The molecule has 1 fully saturated rings. The van der Waals surface area contributed by atoms with Gasteiger partial charge in [0, 0.05) is 35.6 Å². The Labute approximate surface area is 124 Å². The smallest absolute Gasteiger partial charge is 0.303 e. The Balaban J connectivity index is 3.00. The van der Waals surface area contributed by atoms with Gasteiger partial charge >= 0.3 is 17.9 Å². The van der Waals surface area contributed by atoms with Crippen molar-refractivity contribution in [2.75, 3.05) is 13.7 Å². The number of rotatable bonds is 5. The molecule has 21 heavy (non-hydrogen) atoms. The van der Waals surface area contributed by atoms with Crippen LogP contribution in [-0.2, 0) is 38.1 Å². The summed E-state index contributed by atoms with van der Waals surface area (Å²) in [5.41, 5.74) is 0. The monoisotopic (exact) mass is 305 g/mol. The van der Waals surface area contributed by atoms with Crippen LogP contribution in [0.15, 0.2) is 0 Å². The molecular formula is C13H20O8. The zero-order chi connectivity index (χ0) is 16.9. The molecule has 0 unspecified atom stereocenters. The summed E-state index contributed by atoms with van der Waals surface area (Å²) in [6.45, 7) is 3.34. The summed E-state index contributed by atoms with van der Waals surface area (Å²) in [6.07, 6.45) is -5.22. The van der Waals surface area contributed by atoms with Crippen LogP contribution in [0.25, 0.3) is 0 Å². The third-order valence-electron chi connectivity index (χ3n) is 2.63. The number of hydrogen-bond donors (Lipinski definition) is 0. The summed E-state index contributed by atoms with van der Waals surface area (Å²) >= 11 is 0. The third kappa shape index (κ3) is 5.68. The molecule has 0 N–H and O–H groups in total. The molecule has 0 aromatic rings. The van der Waals surface area contributed by atoms with E-state index >= 15 is 0 Å². The van der Waals surface area contributed by atoms with E-state index in [9.17, 15) is 14.4 Å². The highest BCUT2D eigenvalue weighted by Gasteiger charge is 2.43. The molecule has 5 atom stereocenters. The Bertz CT molecular complexity index is 426. The SMILES string of the molecule is [2H][C@@H]1[C@H](OC)O[C@H](COC(C)=O)[C@H](OC(C)=O)[C@@H]1OC(C)=O. The van der Waals surface area contributed by atoms with Gasteiger partial charge in [-0.2, -0.15) is 0 Å². The molecule has 1 saturated heterocycles. The molecular weight excluding hydrogens is 284 g/mol. The summed E-state index contributed by atoms with van der Waals surface area (Å²) in [5.74, 6) is -1.82. The normalized spacial score (nSPS) is 32.8. The molecule has 1 heterocycles. The van der Waals surface area contributed by atoms with E-state index in [2.05, 4.69) is 0 Å². The maximum Gasteiger partial charge on any atom is 0.303 e. The van der Waals surface area contributed by atoms with Crippen LogP contribution >= 0.6 is 0 Å². The highest BCUT2D eigenvalue weighted by atomic mass is 16.7. The molecule has 120 valence electrons. The Kier molecular flexibility index (Phi) is 5.94. The summed E-state index contributed by atoms with van der Waals surface area (Å²) in [4.78, 5) is 33.5. The first-order valence-corrected chi connectivity index (χ1v) is 6.34. The lowest BCUT2D eigenvalue weighted by Gasteiger charge is -2.39. The van der Waals surface area contributed by atoms with Crippen molar-refractivity contribution < 1.29 is 39.4 Å². The number of carbonyl (C=O) groups excluding carboxylic acids is 3. The fraction of sp³-hybridized carbons (Fsp3) is 0.769. The van der Waals surface area contributed by atoms with E-state index in [1.165, 1.54) is 27.9 Å². The average Bonchev–Trinajstić information content (AvgIpc) is 2.41. The minimum Gasteiger partial charge on any atom is -0.463 e. The second-order valence-electron chi connectivity index (χ2n) is 4.42. The molecule has 0 aromatic carbocycles. The molecule has 1 aliphatic heterocycles. The van der Waals surface area contributed by atoms with E-state index in [1.807, 2.05) is 0 Å². The molecule has 0 saturated carbocycles. The first-order valence-electron chi connectivity index (χ1n) is 6.92. The quantitative estimate of drug-likeness (QED) is 0.524. The maximum absolute atomic E-state index is 11.3. The van der Waals surface area contributed by atoms with Crippen molar-refractivity contribution in [2.24, 2.45) is 0 Å². The van der Waals surface area contributed by atoms with Gasteiger partial charge in [0.15, 0.2) is 12.4 Å². The molecule has 1 aliphatic rings. The van der Waals surface area contributed by atoms with Crippen LogP contribution in [0.2, 0.25) is 0 Å². The summed E-state index contributed by atoms with van der Waals surface area (Å²) in [7, 11) is 1.33. The molecule has 1 rings (SSSR count). The van der Waals surface area contributed by atoms with Crippen molar-refractivity contribution >= 4 is 17.9 Å². The van der Waals surface area contributed by atoms with E-state index in [1.54, 1.807) is 0 Å². The van der Waals surface area contributed by atoms with Gasteiger partial charge < -0.3 is 23.7 Å². The van der Waals surface area contributed by atoms with Crippen molar-refractivity contribution in [1.29, 1.82) is 0 Å². The lowest BCUT2D eigenvalue weighted by Crippen LogP contribution is -2.54. The minimum absolute atomic E-state index is 0.225. The van der Waals surface area contributed by atoms with Crippen LogP contribution in [0.5, 0.6) is 0 Å². The van der Waals surface area contributed by atoms with Gasteiger partial charge in [-0.1, -0.05) is 0 Å². The van der Waals surface area contributed by atoms with E-state index in [4.69, 9.17) is 25.1 Å². The first-order chi connectivity index (χ1) is 10.3. The largest absolute Gasteiger partial charge is 0.463 e. The van der Waals surface area contributed by atoms with Gasteiger partial charge in [0.1, 0.15) is 18.8 Å². The average molecular weight is 305 g/mol. The van der Waals surface area contributed by atoms with E-state index in [-0.39, 0.29) is 6.61 Å². The number of esters is 3. The summed E-state index contributed by atoms with van der Waals surface area (Å²) in [6, 6.07) is 0. The zero-order valence-corrected chi connectivity index (χ0v) is 12.4. The van der Waals surface area contributed by atoms with Crippen molar-refractivity contribution in [3.05, 3.63) is 0 Å². The van der Waals surface area contributed by atoms with E-state index in [0.29, 0.717) is 0 Å². The van der Waals surface area contributed by atoms with Crippen LogP contribution in [0.3, 0.4) is 0 Å². The highest BCUT2D eigenvalue weighted by molar-refractivity contribution is 5.67. The number of hydrogen-bond acceptors (Lipinski definition) is 8. The van der Waals surface area contributed by atoms with Crippen LogP contribution in [0.1, 0.15) is 28.5 Å². The zero-order valence-electron chi connectivity index (χ0n) is 13.4. The topological polar surface area (TPSA) is 97.4 Å². The van der Waals surface area contributed by atoms with E-state index in [0.717, 1.165) is 0 Å². The summed E-state index contributed by atoms with van der Waals surface area (Å²) in [5, 5.41) is 0. The van der Waals surface area contributed by atoms with Gasteiger partial charge in [0.05, 0.1) is 0 Å². The van der Waals surface area contributed by atoms with Crippen LogP contribution in [0.4, 0.5) is 0 Å². The van der Waals surface area contributed by atoms with Gasteiger partial charge in [-0.25, -0.2) is 0 Å². The Morgan fingerprint density at radius 2 is 1.76 bits per heavy atom. The van der Waals surface area contributed by atoms with Gasteiger partial charge in [-0.05, 0) is 0 Å². The second-order valence-corrected chi connectivity index (χ2v) is 4.42. The van der Waals surface area contributed by atoms with Crippen molar-refractivity contribution in [3.8, 4) is 0 Å². The van der Waals surface area contributed by atoms with Gasteiger partial charge in [0.2, 0.25) is 0 Å².